The number of carbonyl (C=O) groups excluding carboxylic acids is 1. The molecule has 0 spiro atoms. The number of hydrogen-bond acceptors (Lipinski definition) is 5. The van der Waals surface area contributed by atoms with Crippen molar-refractivity contribution in [3.63, 3.8) is 0 Å². The molecule has 0 aliphatic heterocycles. The zero-order valence-electron chi connectivity index (χ0n) is 12.7. The van der Waals surface area contributed by atoms with Crippen LogP contribution >= 0.6 is 11.6 Å². The molecule has 2 N–H and O–H groups in total. The Hall–Kier alpha value is -2.61. The van der Waals surface area contributed by atoms with Crippen molar-refractivity contribution in [2.75, 3.05) is 17.2 Å². The standard InChI is InChI=1S/C14H16ClN5O3/c1-3-11-13(20(22)23)14(19(2)18-11)16-8-12(21)17-10-6-4-9(15)5-7-10/h4-7,16H,3,8H2,1-2H3,(H,17,21). The van der Waals surface area contributed by atoms with Crippen molar-refractivity contribution >= 4 is 34.7 Å². The van der Waals surface area contributed by atoms with E-state index in [-0.39, 0.29) is 24.0 Å². The molecular weight excluding hydrogens is 322 g/mol. The number of aryl methyl sites for hydroxylation is 2. The van der Waals surface area contributed by atoms with Crippen LogP contribution < -0.4 is 10.6 Å². The Kier molecular flexibility index (Phi) is 5.17. The van der Waals surface area contributed by atoms with E-state index in [0.29, 0.717) is 22.8 Å². The molecule has 1 amide bonds. The lowest BCUT2D eigenvalue weighted by Gasteiger charge is -2.07. The Labute approximate surface area is 137 Å². The van der Waals surface area contributed by atoms with Gasteiger partial charge in [0.25, 0.3) is 0 Å². The van der Waals surface area contributed by atoms with Gasteiger partial charge >= 0.3 is 5.69 Å². The molecule has 8 nitrogen and oxygen atoms in total. The summed E-state index contributed by atoms with van der Waals surface area (Å²) in [5.74, 6) is -0.126. The molecule has 0 saturated carbocycles. The number of halogens is 1. The number of benzene rings is 1. The SMILES string of the molecule is CCc1nn(C)c(NCC(=O)Nc2ccc(Cl)cc2)c1[N+](=O)[O-]. The third kappa shape index (κ3) is 3.98. The summed E-state index contributed by atoms with van der Waals surface area (Å²) in [6, 6.07) is 6.65. The summed E-state index contributed by atoms with van der Waals surface area (Å²) in [5, 5.41) is 21.3. The first kappa shape index (κ1) is 16.8. The number of aromatic nitrogens is 2. The zero-order chi connectivity index (χ0) is 17.0. The molecule has 0 bridgehead atoms. The van der Waals surface area contributed by atoms with Crippen LogP contribution in [0.4, 0.5) is 17.2 Å². The van der Waals surface area contributed by atoms with E-state index in [1.54, 1.807) is 38.2 Å². The Morgan fingerprint density at radius 2 is 2.04 bits per heavy atom. The summed E-state index contributed by atoms with van der Waals surface area (Å²) in [6.45, 7) is 1.67. The van der Waals surface area contributed by atoms with Crippen molar-refractivity contribution in [2.24, 2.45) is 7.05 Å². The molecule has 0 fully saturated rings. The first-order chi connectivity index (χ1) is 10.9. The molecule has 1 aromatic heterocycles. The van der Waals surface area contributed by atoms with E-state index < -0.39 is 4.92 Å². The number of nitro groups is 1. The van der Waals surface area contributed by atoms with Crippen LogP contribution in [0.15, 0.2) is 24.3 Å². The van der Waals surface area contributed by atoms with Gasteiger partial charge in [0.2, 0.25) is 11.7 Å². The van der Waals surface area contributed by atoms with Crippen molar-refractivity contribution in [3.05, 3.63) is 45.1 Å². The van der Waals surface area contributed by atoms with Crippen molar-refractivity contribution in [1.29, 1.82) is 0 Å². The molecule has 1 aromatic carbocycles. The van der Waals surface area contributed by atoms with Crippen LogP contribution in [0.2, 0.25) is 5.02 Å². The molecule has 0 saturated heterocycles. The second-order valence-corrected chi connectivity index (χ2v) is 5.22. The van der Waals surface area contributed by atoms with Gasteiger partial charge in [-0.3, -0.25) is 14.9 Å². The molecule has 2 rings (SSSR count). The molecule has 9 heteroatoms. The van der Waals surface area contributed by atoms with Gasteiger partial charge in [0.1, 0.15) is 5.69 Å². The van der Waals surface area contributed by atoms with E-state index in [1.165, 1.54) is 4.68 Å². The molecule has 0 atom stereocenters. The quantitative estimate of drug-likeness (QED) is 0.623. The number of carbonyl (C=O) groups is 1. The number of nitrogens with one attached hydrogen (secondary N) is 2. The average Bonchev–Trinajstić information content (AvgIpc) is 2.83. The molecule has 0 unspecified atom stereocenters. The summed E-state index contributed by atoms with van der Waals surface area (Å²) in [6.07, 6.45) is 0.433. The molecular formula is C14H16ClN5O3. The van der Waals surface area contributed by atoms with E-state index >= 15 is 0 Å². The van der Waals surface area contributed by atoms with E-state index in [9.17, 15) is 14.9 Å². The fourth-order valence-electron chi connectivity index (χ4n) is 2.10. The molecule has 122 valence electrons. The normalized spacial score (nSPS) is 10.4. The number of anilines is 2. The summed E-state index contributed by atoms with van der Waals surface area (Å²) < 4.78 is 1.37. The van der Waals surface area contributed by atoms with Gasteiger partial charge in [-0.05, 0) is 30.7 Å². The molecule has 0 radical (unpaired) electrons. The minimum Gasteiger partial charge on any atom is -0.355 e. The molecule has 2 aromatic rings. The second-order valence-electron chi connectivity index (χ2n) is 4.79. The third-order valence-electron chi connectivity index (χ3n) is 3.15. The van der Waals surface area contributed by atoms with Gasteiger partial charge in [0.05, 0.1) is 11.5 Å². The van der Waals surface area contributed by atoms with Gasteiger partial charge < -0.3 is 10.6 Å². The average molecular weight is 338 g/mol. The fraction of sp³-hybridized carbons (Fsp3) is 0.286. The summed E-state index contributed by atoms with van der Waals surface area (Å²) in [4.78, 5) is 22.6. The van der Waals surface area contributed by atoms with Crippen molar-refractivity contribution in [3.8, 4) is 0 Å². The minimum absolute atomic E-state index is 0.103. The van der Waals surface area contributed by atoms with Crippen molar-refractivity contribution < 1.29 is 9.72 Å². The second kappa shape index (κ2) is 7.10. The smallest absolute Gasteiger partial charge is 0.333 e. The maximum Gasteiger partial charge on any atom is 0.333 e. The van der Waals surface area contributed by atoms with Crippen LogP contribution in [0, 0.1) is 10.1 Å². The minimum atomic E-state index is -0.495. The number of nitrogens with zero attached hydrogens (tertiary/aromatic N) is 3. The first-order valence-corrected chi connectivity index (χ1v) is 7.29. The molecule has 1 heterocycles. The predicted octanol–water partition coefficient (Wildman–Crippen LogP) is 2.59. The van der Waals surface area contributed by atoms with Gasteiger partial charge in [-0.15, -0.1) is 0 Å². The van der Waals surface area contributed by atoms with Crippen LogP contribution in [0.5, 0.6) is 0 Å². The van der Waals surface area contributed by atoms with Gasteiger partial charge in [-0.25, -0.2) is 4.68 Å². The number of hydrogen-bond donors (Lipinski definition) is 2. The topological polar surface area (TPSA) is 102 Å². The monoisotopic (exact) mass is 337 g/mol. The van der Waals surface area contributed by atoms with Crippen molar-refractivity contribution in [2.45, 2.75) is 13.3 Å². The van der Waals surface area contributed by atoms with Crippen LogP contribution in [-0.4, -0.2) is 27.2 Å². The zero-order valence-corrected chi connectivity index (χ0v) is 13.4. The predicted molar refractivity (Wildman–Crippen MR) is 87.8 cm³/mol. The summed E-state index contributed by atoms with van der Waals surface area (Å²) in [5.41, 5.74) is 0.863. The highest BCUT2D eigenvalue weighted by Gasteiger charge is 2.25. The Morgan fingerprint density at radius 1 is 1.39 bits per heavy atom. The summed E-state index contributed by atoms with van der Waals surface area (Å²) >= 11 is 5.77. The number of rotatable bonds is 6. The first-order valence-electron chi connectivity index (χ1n) is 6.92. The van der Waals surface area contributed by atoms with Gasteiger partial charge in [-0.2, -0.15) is 5.10 Å². The lowest BCUT2D eigenvalue weighted by atomic mass is 10.3. The van der Waals surface area contributed by atoms with Gasteiger partial charge in [0.15, 0.2) is 0 Å². The Balaban J connectivity index is 2.05. The highest BCUT2D eigenvalue weighted by molar-refractivity contribution is 6.30. The highest BCUT2D eigenvalue weighted by atomic mass is 35.5. The van der Waals surface area contributed by atoms with Gasteiger partial charge in [-0.1, -0.05) is 18.5 Å². The highest BCUT2D eigenvalue weighted by Crippen LogP contribution is 2.28. The van der Waals surface area contributed by atoms with Crippen molar-refractivity contribution in [1.82, 2.24) is 9.78 Å². The molecule has 0 aliphatic rings. The van der Waals surface area contributed by atoms with E-state index in [0.717, 1.165) is 0 Å². The van der Waals surface area contributed by atoms with E-state index in [4.69, 9.17) is 11.6 Å². The lowest BCUT2D eigenvalue weighted by molar-refractivity contribution is -0.384. The fourth-order valence-corrected chi connectivity index (χ4v) is 2.22. The molecule has 0 aliphatic carbocycles. The molecule has 23 heavy (non-hydrogen) atoms. The number of amides is 1. The van der Waals surface area contributed by atoms with Crippen LogP contribution in [0.3, 0.4) is 0 Å². The Morgan fingerprint density at radius 3 is 2.61 bits per heavy atom. The van der Waals surface area contributed by atoms with Crippen LogP contribution in [-0.2, 0) is 18.3 Å². The summed E-state index contributed by atoms with van der Waals surface area (Å²) in [7, 11) is 1.59. The van der Waals surface area contributed by atoms with Crippen LogP contribution in [0.1, 0.15) is 12.6 Å². The maximum atomic E-state index is 11.9. The third-order valence-corrected chi connectivity index (χ3v) is 3.41. The van der Waals surface area contributed by atoms with Gasteiger partial charge in [0, 0.05) is 17.8 Å². The van der Waals surface area contributed by atoms with E-state index in [2.05, 4.69) is 15.7 Å². The maximum absolute atomic E-state index is 11.9. The lowest BCUT2D eigenvalue weighted by Crippen LogP contribution is -2.23. The van der Waals surface area contributed by atoms with E-state index in [1.807, 2.05) is 0 Å². The Bertz CT molecular complexity index is 727. The van der Waals surface area contributed by atoms with Crippen LogP contribution in [0.25, 0.3) is 0 Å². The largest absolute Gasteiger partial charge is 0.355 e.